The average Bonchev–Trinajstić information content (AvgIpc) is 3.50. The molecule has 0 spiro atoms. The van der Waals surface area contributed by atoms with Gasteiger partial charge in [-0.1, -0.05) is 26.0 Å². The highest BCUT2D eigenvalue weighted by atomic mass is 19.3. The second kappa shape index (κ2) is 8.78. The summed E-state index contributed by atoms with van der Waals surface area (Å²) in [6.45, 7) is 2.91. The molecule has 7 nitrogen and oxygen atoms in total. The van der Waals surface area contributed by atoms with Gasteiger partial charge in [-0.25, -0.2) is 4.39 Å². The highest BCUT2D eigenvalue weighted by Crippen LogP contribution is 2.50. The molecule has 5 rings (SSSR count). The Hall–Kier alpha value is -3.02. The predicted octanol–water partition coefficient (Wildman–Crippen LogP) is 2.08. The van der Waals surface area contributed by atoms with Crippen LogP contribution in [-0.4, -0.2) is 58.4 Å². The van der Waals surface area contributed by atoms with Gasteiger partial charge >= 0.3 is 13.3 Å². The molecule has 3 aromatic rings. The summed E-state index contributed by atoms with van der Waals surface area (Å²) in [5, 5.41) is 32.5. The maximum Gasteiger partial charge on any atom is 0.352 e. The van der Waals surface area contributed by atoms with E-state index in [0.717, 1.165) is 0 Å². The Balaban J connectivity index is 1.46. The Morgan fingerprint density at radius 2 is 1.95 bits per heavy atom. The monoisotopic (exact) mass is 516 g/mol. The third-order valence-electron chi connectivity index (χ3n) is 7.39. The summed E-state index contributed by atoms with van der Waals surface area (Å²) >= 11 is 0. The minimum absolute atomic E-state index is 0.00747. The summed E-state index contributed by atoms with van der Waals surface area (Å²) in [6, 6.07) is 5.88. The number of hydrogen-bond acceptors (Lipinski definition) is 5. The number of rotatable bonds is 8. The number of ether oxygens (including phenoxy) is 1. The molecule has 4 N–H and O–H groups in total. The first-order chi connectivity index (χ1) is 17.4. The number of carbonyl (C=O) groups excluding carboxylic acids is 1. The van der Waals surface area contributed by atoms with Crippen LogP contribution in [0.5, 0.6) is 5.75 Å². The van der Waals surface area contributed by atoms with Crippen LogP contribution in [0.25, 0.3) is 10.9 Å². The number of aliphatic hydroxyl groups is 3. The number of anilines is 1. The minimum Gasteiger partial charge on any atom is -0.441 e. The van der Waals surface area contributed by atoms with E-state index >= 15 is 4.39 Å². The van der Waals surface area contributed by atoms with Crippen molar-refractivity contribution in [3.05, 3.63) is 53.5 Å². The highest BCUT2D eigenvalue weighted by Gasteiger charge is 2.52. The molecule has 1 aromatic heterocycles. The van der Waals surface area contributed by atoms with Crippen LogP contribution in [0.2, 0.25) is 0 Å². The van der Waals surface area contributed by atoms with E-state index in [1.54, 1.807) is 36.6 Å². The van der Waals surface area contributed by atoms with Crippen molar-refractivity contribution in [2.45, 2.75) is 56.2 Å². The van der Waals surface area contributed by atoms with Crippen molar-refractivity contribution in [2.75, 3.05) is 18.5 Å². The fourth-order valence-electron chi connectivity index (χ4n) is 5.01. The van der Waals surface area contributed by atoms with E-state index in [1.165, 1.54) is 18.2 Å². The number of nitrogens with one attached hydrogen (secondary N) is 1. The van der Waals surface area contributed by atoms with Crippen LogP contribution < -0.4 is 15.5 Å². The molecule has 1 amide bonds. The number of hydrogen-bond donors (Lipinski definition) is 4. The number of benzene rings is 2. The maximum atomic E-state index is 15.3. The molecule has 2 heterocycles. The number of aliphatic hydroxyl groups excluding tert-OH is 3. The molecule has 0 radical (unpaired) electrons. The van der Waals surface area contributed by atoms with Crippen molar-refractivity contribution in [1.82, 2.24) is 4.57 Å². The van der Waals surface area contributed by atoms with Gasteiger partial charge in [0, 0.05) is 22.6 Å². The molecule has 2 aromatic carbocycles. The quantitative estimate of drug-likeness (QED) is 0.344. The van der Waals surface area contributed by atoms with E-state index in [0.29, 0.717) is 40.5 Å². The van der Waals surface area contributed by atoms with E-state index in [2.05, 4.69) is 5.32 Å². The average molecular weight is 516 g/mol. The highest BCUT2D eigenvalue weighted by molar-refractivity contribution is 6.58. The van der Waals surface area contributed by atoms with E-state index < -0.39 is 48.6 Å². The smallest absolute Gasteiger partial charge is 0.352 e. The molecule has 0 saturated heterocycles. The molecule has 0 unspecified atom stereocenters. The van der Waals surface area contributed by atoms with E-state index in [1.807, 2.05) is 0 Å². The fourth-order valence-corrected chi connectivity index (χ4v) is 5.01. The zero-order valence-corrected chi connectivity index (χ0v) is 20.5. The van der Waals surface area contributed by atoms with Gasteiger partial charge in [-0.15, -0.1) is 0 Å². The summed E-state index contributed by atoms with van der Waals surface area (Å²) < 4.78 is 48.9. The third-order valence-corrected chi connectivity index (χ3v) is 7.39. The van der Waals surface area contributed by atoms with Crippen molar-refractivity contribution >= 4 is 35.2 Å². The van der Waals surface area contributed by atoms with Crippen LogP contribution in [0.4, 0.5) is 18.9 Å². The Kier molecular flexibility index (Phi) is 6.08. The Labute approximate surface area is 212 Å². The van der Waals surface area contributed by atoms with Gasteiger partial charge in [0.1, 0.15) is 11.6 Å². The second-order valence-electron chi connectivity index (χ2n) is 10.7. The number of halogens is 3. The zero-order valence-electron chi connectivity index (χ0n) is 20.5. The fraction of sp³-hybridized carbons (Fsp3) is 0.423. The summed E-state index contributed by atoms with van der Waals surface area (Å²) in [5.41, 5.74) is 0.266. The van der Waals surface area contributed by atoms with Crippen LogP contribution >= 0.6 is 0 Å². The first-order valence-corrected chi connectivity index (χ1v) is 12.1. The number of fused-ring (bicyclic) bond motifs is 2. The van der Waals surface area contributed by atoms with Crippen LogP contribution in [0, 0.1) is 5.82 Å². The number of nitrogens with zero attached hydrogens (tertiary/aromatic N) is 1. The summed E-state index contributed by atoms with van der Waals surface area (Å²) in [7, 11) is -0.517. The van der Waals surface area contributed by atoms with Crippen molar-refractivity contribution < 1.29 is 38.0 Å². The molecule has 1 saturated carbocycles. The van der Waals surface area contributed by atoms with Gasteiger partial charge in [-0.3, -0.25) is 4.79 Å². The zero-order chi connectivity index (χ0) is 26.8. The topological polar surface area (TPSA) is 104 Å². The lowest BCUT2D eigenvalue weighted by Gasteiger charge is -2.25. The van der Waals surface area contributed by atoms with Crippen molar-refractivity contribution in [3.63, 3.8) is 0 Å². The van der Waals surface area contributed by atoms with Crippen LogP contribution in [0.3, 0.4) is 0 Å². The lowest BCUT2D eigenvalue weighted by atomic mass is 9.70. The minimum atomic E-state index is -3.27. The SMILES string of the molecule is CC(C)(CO)c1cc2cc(NC(=O)C3(c4ccc5c(c4)OC(F)(F)B5)CC3)c(F)cc2n1C[C@@H](O)CO. The largest absolute Gasteiger partial charge is 0.441 e. The molecule has 0 bridgehead atoms. The first kappa shape index (κ1) is 25.6. The Bertz CT molecular complexity index is 1390. The summed E-state index contributed by atoms with van der Waals surface area (Å²) in [4.78, 5) is 13.3. The lowest BCUT2D eigenvalue weighted by molar-refractivity contribution is -0.118. The molecule has 2 aliphatic rings. The number of aromatic nitrogens is 1. The maximum absolute atomic E-state index is 15.3. The molecule has 1 atom stereocenters. The molecule has 37 heavy (non-hydrogen) atoms. The standard InChI is InChI=1S/C26H28BF3N2O5/c1-24(2,13-34)22-8-14-7-19(18(28)10-20(14)32(22)11-16(35)12-33)31-23(36)25(5-6-25)15-3-4-17-21(9-15)37-26(29,30)27-17/h3-4,7-10,16,27,33-35H,5-6,11-13H2,1-2H3,(H,31,36)/t16-/m1/s1. The summed E-state index contributed by atoms with van der Waals surface area (Å²) in [5.74, 6) is -1.08. The van der Waals surface area contributed by atoms with Crippen molar-refractivity contribution in [3.8, 4) is 5.75 Å². The predicted molar refractivity (Wildman–Crippen MR) is 133 cm³/mol. The van der Waals surface area contributed by atoms with E-state index in [-0.39, 0.29) is 24.6 Å². The summed E-state index contributed by atoms with van der Waals surface area (Å²) in [6.07, 6.45) is -0.109. The van der Waals surface area contributed by atoms with Gasteiger partial charge < -0.3 is 29.9 Å². The van der Waals surface area contributed by atoms with Crippen LogP contribution in [0.15, 0.2) is 36.4 Å². The molecular formula is C26H28BF3N2O5. The number of carbonyl (C=O) groups is 1. The second-order valence-corrected chi connectivity index (χ2v) is 10.7. The molecule has 11 heteroatoms. The van der Waals surface area contributed by atoms with Gasteiger partial charge in [0.25, 0.3) is 0 Å². The van der Waals surface area contributed by atoms with Gasteiger partial charge in [0.05, 0.1) is 42.5 Å². The van der Waals surface area contributed by atoms with Gasteiger partial charge in [-0.2, -0.15) is 8.78 Å². The Morgan fingerprint density at radius 3 is 2.59 bits per heavy atom. The number of amides is 1. The molecule has 1 aliphatic carbocycles. The molecule has 1 aliphatic heterocycles. The van der Waals surface area contributed by atoms with E-state index in [4.69, 9.17) is 4.74 Å². The van der Waals surface area contributed by atoms with Gasteiger partial charge in [0.2, 0.25) is 5.91 Å². The van der Waals surface area contributed by atoms with E-state index in [9.17, 15) is 28.9 Å². The van der Waals surface area contributed by atoms with Crippen molar-refractivity contribution in [1.29, 1.82) is 0 Å². The van der Waals surface area contributed by atoms with Crippen LogP contribution in [-0.2, 0) is 22.2 Å². The molecule has 1 fully saturated rings. The lowest BCUT2D eigenvalue weighted by Crippen LogP contribution is -2.30. The first-order valence-electron chi connectivity index (χ1n) is 12.1. The van der Waals surface area contributed by atoms with Crippen LogP contribution in [0.1, 0.15) is 37.9 Å². The van der Waals surface area contributed by atoms with Gasteiger partial charge in [0.15, 0.2) is 0 Å². The van der Waals surface area contributed by atoms with Crippen molar-refractivity contribution in [2.24, 2.45) is 0 Å². The normalized spacial score (nSPS) is 18.2. The van der Waals surface area contributed by atoms with Gasteiger partial charge in [-0.05, 0) is 42.1 Å². The molecule has 196 valence electrons. The number of alkyl halides is 2. The molecular weight excluding hydrogens is 488 g/mol. The third kappa shape index (κ3) is 4.49. The Morgan fingerprint density at radius 1 is 1.22 bits per heavy atom.